The normalized spacial score (nSPS) is 12.8. The molecule has 1 aliphatic rings. The summed E-state index contributed by atoms with van der Waals surface area (Å²) in [6.45, 7) is 4.14. The summed E-state index contributed by atoms with van der Waals surface area (Å²) in [7, 11) is 0. The molecule has 2 aromatic rings. The van der Waals surface area contributed by atoms with E-state index in [0.717, 1.165) is 30.6 Å². The molecule has 0 amide bonds. The fourth-order valence-corrected chi connectivity index (χ4v) is 2.84. The van der Waals surface area contributed by atoms with Crippen molar-refractivity contribution in [2.75, 3.05) is 5.32 Å². The van der Waals surface area contributed by atoms with Crippen LogP contribution in [-0.4, -0.2) is 4.98 Å². The highest BCUT2D eigenvalue weighted by Crippen LogP contribution is 2.27. The zero-order chi connectivity index (χ0) is 14.1. The summed E-state index contributed by atoms with van der Waals surface area (Å²) < 4.78 is 0. The first kappa shape index (κ1) is 12.7. The van der Waals surface area contributed by atoms with Gasteiger partial charge < -0.3 is 5.32 Å². The van der Waals surface area contributed by atoms with Crippen LogP contribution >= 0.6 is 0 Å². The molecule has 1 aliphatic carbocycles. The van der Waals surface area contributed by atoms with Crippen molar-refractivity contribution in [2.24, 2.45) is 0 Å². The monoisotopic (exact) mass is 263 g/mol. The Morgan fingerprint density at radius 3 is 2.55 bits per heavy atom. The Balaban J connectivity index is 2.00. The van der Waals surface area contributed by atoms with E-state index in [-0.39, 0.29) is 0 Å². The van der Waals surface area contributed by atoms with Crippen LogP contribution in [-0.2, 0) is 12.8 Å². The first-order valence-corrected chi connectivity index (χ1v) is 6.94. The Labute approximate surface area is 119 Å². The summed E-state index contributed by atoms with van der Waals surface area (Å²) >= 11 is 0. The fraction of sp³-hybridized carbons (Fsp3) is 0.294. The Kier molecular flexibility index (Phi) is 3.15. The Morgan fingerprint density at radius 2 is 1.85 bits per heavy atom. The number of hydrogen-bond acceptors (Lipinski definition) is 3. The summed E-state index contributed by atoms with van der Waals surface area (Å²) in [4.78, 5) is 4.65. The van der Waals surface area contributed by atoms with Gasteiger partial charge in [-0.3, -0.25) is 0 Å². The van der Waals surface area contributed by atoms with Crippen LogP contribution in [0.3, 0.4) is 0 Å². The topological polar surface area (TPSA) is 48.7 Å². The number of nitrogens with one attached hydrogen (secondary N) is 1. The molecule has 1 aromatic heterocycles. The highest BCUT2D eigenvalue weighted by Gasteiger charge is 2.16. The lowest BCUT2D eigenvalue weighted by Gasteiger charge is -2.11. The SMILES string of the molecule is Cc1cc(C)cc(Nc2nc3c(cc2C#N)CCC3)c1. The van der Waals surface area contributed by atoms with E-state index in [4.69, 9.17) is 0 Å². The molecule has 20 heavy (non-hydrogen) atoms. The number of hydrogen-bond donors (Lipinski definition) is 1. The number of anilines is 2. The molecule has 0 fully saturated rings. The van der Waals surface area contributed by atoms with Crippen LogP contribution < -0.4 is 5.32 Å². The van der Waals surface area contributed by atoms with E-state index in [0.29, 0.717) is 11.4 Å². The summed E-state index contributed by atoms with van der Waals surface area (Å²) in [6.07, 6.45) is 3.20. The average molecular weight is 263 g/mol. The molecule has 0 bridgehead atoms. The van der Waals surface area contributed by atoms with Crippen molar-refractivity contribution in [1.29, 1.82) is 5.26 Å². The van der Waals surface area contributed by atoms with Crippen molar-refractivity contribution in [2.45, 2.75) is 33.1 Å². The van der Waals surface area contributed by atoms with Gasteiger partial charge in [-0.25, -0.2) is 4.98 Å². The van der Waals surface area contributed by atoms with Crippen LogP contribution in [0.4, 0.5) is 11.5 Å². The largest absolute Gasteiger partial charge is 0.339 e. The molecule has 0 aliphatic heterocycles. The van der Waals surface area contributed by atoms with E-state index in [2.05, 4.69) is 48.4 Å². The number of nitrogens with zero attached hydrogens (tertiary/aromatic N) is 2. The first-order valence-electron chi connectivity index (χ1n) is 6.94. The molecule has 3 nitrogen and oxygen atoms in total. The molecular weight excluding hydrogens is 246 g/mol. The van der Waals surface area contributed by atoms with Crippen LogP contribution in [0.1, 0.15) is 34.4 Å². The number of benzene rings is 1. The van der Waals surface area contributed by atoms with Gasteiger partial charge in [-0.1, -0.05) is 6.07 Å². The molecule has 0 spiro atoms. The van der Waals surface area contributed by atoms with Gasteiger partial charge in [-0.2, -0.15) is 5.26 Å². The third-order valence-electron chi connectivity index (χ3n) is 3.66. The van der Waals surface area contributed by atoms with Crippen LogP contribution in [0.2, 0.25) is 0 Å². The van der Waals surface area contributed by atoms with Crippen molar-refractivity contribution in [3.63, 3.8) is 0 Å². The quantitative estimate of drug-likeness (QED) is 0.896. The maximum absolute atomic E-state index is 9.31. The molecule has 0 radical (unpaired) electrons. The van der Waals surface area contributed by atoms with Gasteiger partial charge in [-0.15, -0.1) is 0 Å². The smallest absolute Gasteiger partial charge is 0.148 e. The molecule has 3 rings (SSSR count). The molecular formula is C17H17N3. The molecule has 0 atom stereocenters. The van der Waals surface area contributed by atoms with Crippen molar-refractivity contribution < 1.29 is 0 Å². The standard InChI is InChI=1S/C17H17N3/c1-11-6-12(2)8-15(7-11)19-17-14(10-18)9-13-4-3-5-16(13)20-17/h6-9H,3-5H2,1-2H3,(H,19,20). The third-order valence-corrected chi connectivity index (χ3v) is 3.66. The van der Waals surface area contributed by atoms with Gasteiger partial charge in [0.1, 0.15) is 11.9 Å². The molecule has 0 saturated heterocycles. The predicted molar refractivity (Wildman–Crippen MR) is 80.2 cm³/mol. The molecule has 0 unspecified atom stereocenters. The fourth-order valence-electron chi connectivity index (χ4n) is 2.84. The highest BCUT2D eigenvalue weighted by atomic mass is 15.0. The predicted octanol–water partition coefficient (Wildman–Crippen LogP) is 3.80. The Bertz CT molecular complexity index is 691. The minimum atomic E-state index is 0.629. The summed E-state index contributed by atoms with van der Waals surface area (Å²) in [5, 5.41) is 12.6. The number of fused-ring (bicyclic) bond motifs is 1. The lowest BCUT2D eigenvalue weighted by Crippen LogP contribution is -2.01. The molecule has 1 heterocycles. The van der Waals surface area contributed by atoms with Crippen molar-refractivity contribution >= 4 is 11.5 Å². The van der Waals surface area contributed by atoms with E-state index in [1.165, 1.54) is 16.7 Å². The molecule has 1 aromatic carbocycles. The lowest BCUT2D eigenvalue weighted by atomic mass is 10.1. The number of nitriles is 1. The van der Waals surface area contributed by atoms with Gasteiger partial charge in [0, 0.05) is 11.4 Å². The van der Waals surface area contributed by atoms with Gasteiger partial charge in [0.05, 0.1) is 5.56 Å². The molecule has 3 heteroatoms. The minimum Gasteiger partial charge on any atom is -0.339 e. The average Bonchev–Trinajstić information content (AvgIpc) is 2.83. The first-order chi connectivity index (χ1) is 9.65. The second-order valence-corrected chi connectivity index (χ2v) is 5.46. The third kappa shape index (κ3) is 2.37. The van der Waals surface area contributed by atoms with E-state index in [1.54, 1.807) is 0 Å². The van der Waals surface area contributed by atoms with Crippen LogP contribution in [0.5, 0.6) is 0 Å². The zero-order valence-electron chi connectivity index (χ0n) is 11.8. The highest BCUT2D eigenvalue weighted by molar-refractivity contribution is 5.65. The van der Waals surface area contributed by atoms with Crippen molar-refractivity contribution in [1.82, 2.24) is 4.98 Å². The van der Waals surface area contributed by atoms with Gasteiger partial charge >= 0.3 is 0 Å². The van der Waals surface area contributed by atoms with Crippen LogP contribution in [0.15, 0.2) is 24.3 Å². The number of rotatable bonds is 2. The van der Waals surface area contributed by atoms with Gasteiger partial charge in [0.15, 0.2) is 0 Å². The van der Waals surface area contributed by atoms with Gasteiger partial charge in [-0.05, 0) is 68.0 Å². The number of aromatic nitrogens is 1. The summed E-state index contributed by atoms with van der Waals surface area (Å²) in [5.74, 6) is 0.679. The summed E-state index contributed by atoms with van der Waals surface area (Å²) in [6, 6.07) is 10.5. The second kappa shape index (κ2) is 4.97. The molecule has 0 saturated carbocycles. The van der Waals surface area contributed by atoms with Crippen molar-refractivity contribution in [3.8, 4) is 6.07 Å². The second-order valence-electron chi connectivity index (χ2n) is 5.46. The van der Waals surface area contributed by atoms with E-state index in [9.17, 15) is 5.26 Å². The maximum Gasteiger partial charge on any atom is 0.148 e. The van der Waals surface area contributed by atoms with E-state index >= 15 is 0 Å². The van der Waals surface area contributed by atoms with Crippen LogP contribution in [0, 0.1) is 25.2 Å². The van der Waals surface area contributed by atoms with E-state index < -0.39 is 0 Å². The van der Waals surface area contributed by atoms with E-state index in [1.807, 2.05) is 6.07 Å². The summed E-state index contributed by atoms with van der Waals surface area (Å²) in [5.41, 5.74) is 6.39. The minimum absolute atomic E-state index is 0.629. The molecule has 1 N–H and O–H groups in total. The molecule has 100 valence electrons. The van der Waals surface area contributed by atoms with Crippen LogP contribution in [0.25, 0.3) is 0 Å². The Hall–Kier alpha value is -2.34. The van der Waals surface area contributed by atoms with Gasteiger partial charge in [0.25, 0.3) is 0 Å². The zero-order valence-corrected chi connectivity index (χ0v) is 11.8. The number of aryl methyl sites for hydroxylation is 4. The van der Waals surface area contributed by atoms with Gasteiger partial charge in [0.2, 0.25) is 0 Å². The Morgan fingerprint density at radius 1 is 1.10 bits per heavy atom. The number of pyridine rings is 1. The maximum atomic E-state index is 9.31. The van der Waals surface area contributed by atoms with Crippen molar-refractivity contribution in [3.05, 3.63) is 52.2 Å². The lowest BCUT2D eigenvalue weighted by molar-refractivity contribution is 0.900.